The first-order valence-corrected chi connectivity index (χ1v) is 8.62. The number of nitrogens with zero attached hydrogens (tertiary/aromatic N) is 1. The van der Waals surface area contributed by atoms with Gasteiger partial charge in [0, 0.05) is 25.6 Å². The van der Waals surface area contributed by atoms with Crippen LogP contribution in [-0.4, -0.2) is 23.8 Å². The van der Waals surface area contributed by atoms with Crippen molar-refractivity contribution in [1.82, 2.24) is 4.90 Å². The fourth-order valence-electron chi connectivity index (χ4n) is 2.80. The zero-order chi connectivity index (χ0) is 18.2. The molecule has 2 aromatic carbocycles. The molecule has 2 amide bonds. The second-order valence-electron chi connectivity index (χ2n) is 6.65. The molecule has 0 aliphatic heterocycles. The van der Waals surface area contributed by atoms with Gasteiger partial charge in [0.25, 0.3) is 0 Å². The predicted molar refractivity (Wildman–Crippen MR) is 100.0 cm³/mol. The second-order valence-corrected chi connectivity index (χ2v) is 6.65. The molecule has 132 valence electrons. The molecule has 2 aromatic rings. The zero-order valence-electron chi connectivity index (χ0n) is 14.9. The van der Waals surface area contributed by atoms with Gasteiger partial charge in [-0.3, -0.25) is 9.59 Å². The van der Waals surface area contributed by atoms with E-state index in [0.29, 0.717) is 24.4 Å². The van der Waals surface area contributed by atoms with Crippen molar-refractivity contribution in [1.29, 1.82) is 0 Å². The quantitative estimate of drug-likeness (QED) is 0.802. The Bertz CT molecular complexity index is 713. The lowest BCUT2D eigenvalue weighted by Crippen LogP contribution is -2.27. The minimum absolute atomic E-state index is 0.116. The van der Waals surface area contributed by atoms with Crippen molar-refractivity contribution in [3.63, 3.8) is 0 Å². The average molecular weight is 338 g/mol. The molecule has 0 aromatic heterocycles. The highest BCUT2D eigenvalue weighted by atomic mass is 16.2. The Balaban J connectivity index is 1.83. The number of carbonyl (C=O) groups excluding carboxylic acids is 2. The minimum Gasteiger partial charge on any atom is -0.366 e. The van der Waals surface area contributed by atoms with E-state index in [1.54, 1.807) is 30.1 Å². The molecule has 2 rings (SSSR count). The van der Waals surface area contributed by atoms with Crippen molar-refractivity contribution < 1.29 is 9.59 Å². The number of benzene rings is 2. The van der Waals surface area contributed by atoms with Crippen LogP contribution in [0.25, 0.3) is 0 Å². The van der Waals surface area contributed by atoms with Crippen molar-refractivity contribution in [2.75, 3.05) is 7.05 Å². The maximum Gasteiger partial charge on any atom is 0.248 e. The Morgan fingerprint density at radius 2 is 1.72 bits per heavy atom. The molecule has 0 saturated heterocycles. The summed E-state index contributed by atoms with van der Waals surface area (Å²) < 4.78 is 0. The van der Waals surface area contributed by atoms with Gasteiger partial charge in [-0.1, -0.05) is 49.4 Å². The molecule has 25 heavy (non-hydrogen) atoms. The lowest BCUT2D eigenvalue weighted by atomic mass is 9.97. The number of amides is 2. The number of nitrogens with two attached hydrogens (primary N) is 1. The van der Waals surface area contributed by atoms with E-state index in [4.69, 9.17) is 5.73 Å². The Morgan fingerprint density at radius 1 is 1.04 bits per heavy atom. The molecule has 0 saturated carbocycles. The minimum atomic E-state index is -0.453. The molecule has 0 fully saturated rings. The molecule has 1 atom stereocenters. The lowest BCUT2D eigenvalue weighted by molar-refractivity contribution is -0.131. The van der Waals surface area contributed by atoms with E-state index in [-0.39, 0.29) is 5.91 Å². The maximum atomic E-state index is 12.4. The van der Waals surface area contributed by atoms with Crippen LogP contribution in [0.2, 0.25) is 0 Å². The van der Waals surface area contributed by atoms with Crippen LogP contribution in [0.15, 0.2) is 54.6 Å². The van der Waals surface area contributed by atoms with Crippen LogP contribution in [-0.2, 0) is 17.8 Å². The Hall–Kier alpha value is -2.62. The molecule has 0 aliphatic carbocycles. The van der Waals surface area contributed by atoms with E-state index in [9.17, 15) is 9.59 Å². The summed E-state index contributed by atoms with van der Waals surface area (Å²) >= 11 is 0. The SMILES string of the molecule is CC(CCc1ccccc1)CC(=O)N(C)Cc1cccc(C(N)=O)c1. The van der Waals surface area contributed by atoms with Crippen LogP contribution in [0.5, 0.6) is 0 Å². The van der Waals surface area contributed by atoms with Crippen LogP contribution in [0.4, 0.5) is 0 Å². The summed E-state index contributed by atoms with van der Waals surface area (Å²) in [6, 6.07) is 17.4. The smallest absolute Gasteiger partial charge is 0.248 e. The van der Waals surface area contributed by atoms with Crippen LogP contribution >= 0.6 is 0 Å². The van der Waals surface area contributed by atoms with Gasteiger partial charge in [-0.2, -0.15) is 0 Å². The molecule has 0 aliphatic rings. The van der Waals surface area contributed by atoms with E-state index in [2.05, 4.69) is 19.1 Å². The van der Waals surface area contributed by atoms with E-state index in [1.807, 2.05) is 24.3 Å². The third kappa shape index (κ3) is 6.07. The number of hydrogen-bond donors (Lipinski definition) is 1. The number of primary amides is 1. The van der Waals surface area contributed by atoms with Crippen molar-refractivity contribution in [2.45, 2.75) is 32.7 Å². The van der Waals surface area contributed by atoms with Crippen molar-refractivity contribution in [2.24, 2.45) is 11.7 Å². The van der Waals surface area contributed by atoms with Gasteiger partial charge in [0.2, 0.25) is 11.8 Å². The number of aryl methyl sites for hydroxylation is 1. The third-order valence-corrected chi connectivity index (χ3v) is 4.35. The molecule has 2 N–H and O–H groups in total. The molecule has 0 heterocycles. The van der Waals surface area contributed by atoms with E-state index < -0.39 is 5.91 Å². The first-order valence-electron chi connectivity index (χ1n) is 8.62. The molecule has 1 unspecified atom stereocenters. The highest BCUT2D eigenvalue weighted by Crippen LogP contribution is 2.15. The lowest BCUT2D eigenvalue weighted by Gasteiger charge is -2.20. The molecular weight excluding hydrogens is 312 g/mol. The molecule has 0 radical (unpaired) electrons. The number of carbonyl (C=O) groups is 2. The van der Waals surface area contributed by atoms with Gasteiger partial charge in [0.1, 0.15) is 0 Å². The van der Waals surface area contributed by atoms with E-state index >= 15 is 0 Å². The summed E-state index contributed by atoms with van der Waals surface area (Å²) in [5.74, 6) is -0.0116. The van der Waals surface area contributed by atoms with Gasteiger partial charge >= 0.3 is 0 Å². The fourth-order valence-corrected chi connectivity index (χ4v) is 2.80. The summed E-state index contributed by atoms with van der Waals surface area (Å²) in [7, 11) is 1.79. The van der Waals surface area contributed by atoms with Gasteiger partial charge in [0.15, 0.2) is 0 Å². The standard InChI is InChI=1S/C21H26N2O2/c1-16(11-12-17-7-4-3-5-8-17)13-20(24)23(2)15-18-9-6-10-19(14-18)21(22)25/h3-10,14,16H,11-13,15H2,1-2H3,(H2,22,25). The summed E-state index contributed by atoms with van der Waals surface area (Å²) in [5.41, 5.74) is 7.98. The second kappa shape index (κ2) is 9.02. The van der Waals surface area contributed by atoms with Gasteiger partial charge in [0.05, 0.1) is 0 Å². The number of rotatable bonds is 8. The zero-order valence-corrected chi connectivity index (χ0v) is 14.9. The van der Waals surface area contributed by atoms with E-state index in [0.717, 1.165) is 18.4 Å². The molecular formula is C21H26N2O2. The van der Waals surface area contributed by atoms with Crippen LogP contribution < -0.4 is 5.73 Å². The Labute approximate surface area is 149 Å². The summed E-state index contributed by atoms with van der Waals surface area (Å²) in [6.07, 6.45) is 2.50. The fraction of sp³-hybridized carbons (Fsp3) is 0.333. The summed E-state index contributed by atoms with van der Waals surface area (Å²) in [4.78, 5) is 25.4. The van der Waals surface area contributed by atoms with Gasteiger partial charge in [-0.15, -0.1) is 0 Å². The van der Waals surface area contributed by atoms with Gasteiger partial charge in [-0.05, 0) is 42.0 Å². The molecule has 0 spiro atoms. The Kier molecular flexibility index (Phi) is 6.75. The van der Waals surface area contributed by atoms with Gasteiger partial charge < -0.3 is 10.6 Å². The summed E-state index contributed by atoms with van der Waals surface area (Å²) in [6.45, 7) is 2.59. The van der Waals surface area contributed by atoms with Crippen LogP contribution in [0.1, 0.15) is 41.3 Å². The highest BCUT2D eigenvalue weighted by molar-refractivity contribution is 5.92. The number of hydrogen-bond acceptors (Lipinski definition) is 2. The Morgan fingerprint density at radius 3 is 2.40 bits per heavy atom. The molecule has 4 nitrogen and oxygen atoms in total. The van der Waals surface area contributed by atoms with Crippen molar-refractivity contribution >= 4 is 11.8 Å². The largest absolute Gasteiger partial charge is 0.366 e. The monoisotopic (exact) mass is 338 g/mol. The average Bonchev–Trinajstić information content (AvgIpc) is 2.61. The first kappa shape index (κ1) is 18.7. The van der Waals surface area contributed by atoms with Crippen molar-refractivity contribution in [3.05, 3.63) is 71.3 Å². The van der Waals surface area contributed by atoms with Gasteiger partial charge in [-0.25, -0.2) is 0 Å². The molecule has 0 bridgehead atoms. The van der Waals surface area contributed by atoms with E-state index in [1.165, 1.54) is 5.56 Å². The first-order chi connectivity index (χ1) is 12.0. The predicted octanol–water partition coefficient (Wildman–Crippen LogP) is 3.40. The molecule has 4 heteroatoms. The normalized spacial score (nSPS) is 11.8. The maximum absolute atomic E-state index is 12.4. The highest BCUT2D eigenvalue weighted by Gasteiger charge is 2.14. The van der Waals surface area contributed by atoms with Crippen LogP contribution in [0.3, 0.4) is 0 Å². The topological polar surface area (TPSA) is 63.4 Å². The van der Waals surface area contributed by atoms with Crippen LogP contribution in [0, 0.1) is 5.92 Å². The third-order valence-electron chi connectivity index (χ3n) is 4.35. The van der Waals surface area contributed by atoms with Crippen molar-refractivity contribution in [3.8, 4) is 0 Å². The summed E-state index contributed by atoms with van der Waals surface area (Å²) in [5, 5.41) is 0.